The van der Waals surface area contributed by atoms with Crippen molar-refractivity contribution in [3.05, 3.63) is 82.9 Å². The van der Waals surface area contributed by atoms with Crippen LogP contribution < -0.4 is 5.32 Å². The Morgan fingerprint density at radius 3 is 2.35 bits per heavy atom. The summed E-state index contributed by atoms with van der Waals surface area (Å²) in [6.45, 7) is 1.84. The summed E-state index contributed by atoms with van der Waals surface area (Å²) in [5.41, 5.74) is 0.261. The molecular weight excluding hydrogens is 414 g/mol. The van der Waals surface area contributed by atoms with Crippen molar-refractivity contribution >= 4 is 17.4 Å². The van der Waals surface area contributed by atoms with E-state index in [0.717, 1.165) is 24.3 Å². The van der Waals surface area contributed by atoms with E-state index in [-0.39, 0.29) is 28.8 Å². The first-order valence-electron chi connectivity index (χ1n) is 9.51. The number of Topliss-reactive ketones (excluding diaryl/α,β-unsaturated/α-hetero) is 1. The highest BCUT2D eigenvalue weighted by molar-refractivity contribution is 6.10. The van der Waals surface area contributed by atoms with Crippen LogP contribution in [0.4, 0.5) is 23.2 Å². The van der Waals surface area contributed by atoms with Crippen LogP contribution in [0, 0.1) is 5.82 Å². The molecule has 2 atom stereocenters. The van der Waals surface area contributed by atoms with Crippen LogP contribution in [0.2, 0.25) is 0 Å². The number of alkyl halides is 3. The number of anilines is 1. The zero-order chi connectivity index (χ0) is 22.3. The molecule has 0 radical (unpaired) electrons. The number of halogens is 4. The van der Waals surface area contributed by atoms with Crippen molar-refractivity contribution in [3.63, 3.8) is 0 Å². The minimum Gasteiger partial charge on any atom is -0.319 e. The molecule has 9 heteroatoms. The van der Waals surface area contributed by atoms with Crippen molar-refractivity contribution in [2.24, 2.45) is 0 Å². The number of fused-ring (bicyclic) bond motifs is 1. The summed E-state index contributed by atoms with van der Waals surface area (Å²) in [6, 6.07) is 9.24. The van der Waals surface area contributed by atoms with Gasteiger partial charge in [-0.1, -0.05) is 12.1 Å². The number of hydrogen-bond donors (Lipinski definition) is 1. The highest BCUT2D eigenvalue weighted by Gasteiger charge is 2.37. The number of carbonyl (C=O) groups is 2. The Bertz CT molecular complexity index is 1140. The number of amides is 1. The number of nitrogens with zero attached hydrogens (tertiary/aromatic N) is 2. The summed E-state index contributed by atoms with van der Waals surface area (Å²) in [5.74, 6) is -2.02. The highest BCUT2D eigenvalue weighted by atomic mass is 19.4. The number of hydrogen-bond acceptors (Lipinski definition) is 3. The van der Waals surface area contributed by atoms with Crippen LogP contribution in [0.25, 0.3) is 0 Å². The Morgan fingerprint density at radius 1 is 1.10 bits per heavy atom. The van der Waals surface area contributed by atoms with Gasteiger partial charge in [-0.15, -0.1) is 0 Å². The maximum Gasteiger partial charge on any atom is 0.416 e. The highest BCUT2D eigenvalue weighted by Crippen LogP contribution is 2.39. The lowest BCUT2D eigenvalue weighted by molar-refractivity contribution is -0.137. The van der Waals surface area contributed by atoms with E-state index < -0.39 is 29.4 Å². The maximum absolute atomic E-state index is 13.2. The van der Waals surface area contributed by atoms with Crippen LogP contribution in [0.5, 0.6) is 0 Å². The zero-order valence-corrected chi connectivity index (χ0v) is 16.3. The summed E-state index contributed by atoms with van der Waals surface area (Å²) < 4.78 is 53.2. The molecule has 0 saturated heterocycles. The van der Waals surface area contributed by atoms with Crippen LogP contribution in [-0.2, 0) is 6.18 Å². The molecule has 0 aliphatic carbocycles. The summed E-state index contributed by atoms with van der Waals surface area (Å²) in [6.07, 6.45) is -2.73. The first-order valence-corrected chi connectivity index (χ1v) is 9.51. The average molecular weight is 431 g/mol. The lowest BCUT2D eigenvalue weighted by Gasteiger charge is -2.28. The van der Waals surface area contributed by atoms with E-state index in [0.29, 0.717) is 12.0 Å². The van der Waals surface area contributed by atoms with E-state index in [2.05, 4.69) is 10.4 Å². The van der Waals surface area contributed by atoms with Gasteiger partial charge in [0.05, 0.1) is 29.4 Å². The van der Waals surface area contributed by atoms with Gasteiger partial charge in [-0.3, -0.25) is 14.3 Å². The fourth-order valence-corrected chi connectivity index (χ4v) is 3.73. The lowest BCUT2D eigenvalue weighted by atomic mass is 9.84. The molecule has 2 heterocycles. The van der Waals surface area contributed by atoms with E-state index in [1.807, 2.05) is 6.92 Å². The molecule has 0 spiro atoms. The lowest BCUT2D eigenvalue weighted by Crippen LogP contribution is -2.29. The number of ketones is 1. The van der Waals surface area contributed by atoms with Gasteiger partial charge in [0.25, 0.3) is 5.91 Å². The second kappa shape index (κ2) is 7.64. The molecule has 5 nitrogen and oxygen atoms in total. The Hall–Kier alpha value is -3.49. The zero-order valence-electron chi connectivity index (χ0n) is 16.3. The molecule has 0 saturated carbocycles. The molecule has 2 aromatic carbocycles. The standard InChI is InChI=1S/C22H17F4N3O2/c1-12-10-17(13-2-6-15(7-3-13)22(24,25)26)20(30)19-18(11-27-29(12)19)28-21(31)14-4-8-16(23)9-5-14/h2-9,11-12,17H,10H2,1H3,(H,28,31)/t12-,17?/m0/s1. The monoisotopic (exact) mass is 431 g/mol. The van der Waals surface area contributed by atoms with Crippen LogP contribution in [-0.4, -0.2) is 21.5 Å². The molecule has 1 aliphatic heterocycles. The predicted molar refractivity (Wildman–Crippen MR) is 104 cm³/mol. The Labute approximate surface area is 174 Å². The van der Waals surface area contributed by atoms with Gasteiger partial charge in [0, 0.05) is 5.56 Å². The largest absolute Gasteiger partial charge is 0.416 e. The number of rotatable bonds is 3. The molecule has 1 amide bonds. The van der Waals surface area contributed by atoms with Gasteiger partial charge in [-0.2, -0.15) is 18.3 Å². The fraction of sp³-hybridized carbons (Fsp3) is 0.227. The number of carbonyl (C=O) groups excluding carboxylic acids is 2. The third-order valence-electron chi connectivity index (χ3n) is 5.33. The van der Waals surface area contributed by atoms with Gasteiger partial charge in [-0.25, -0.2) is 4.39 Å². The fourth-order valence-electron chi connectivity index (χ4n) is 3.73. The van der Waals surface area contributed by atoms with Gasteiger partial charge >= 0.3 is 6.18 Å². The minimum atomic E-state index is -4.46. The van der Waals surface area contributed by atoms with E-state index in [1.54, 1.807) is 0 Å². The molecule has 4 rings (SSSR count). The van der Waals surface area contributed by atoms with Gasteiger partial charge in [-0.05, 0) is 55.3 Å². The van der Waals surface area contributed by atoms with Crippen molar-refractivity contribution in [2.45, 2.75) is 31.5 Å². The van der Waals surface area contributed by atoms with Gasteiger partial charge in [0.2, 0.25) is 0 Å². The smallest absolute Gasteiger partial charge is 0.319 e. The van der Waals surface area contributed by atoms with Gasteiger partial charge < -0.3 is 5.32 Å². The number of nitrogens with one attached hydrogen (secondary N) is 1. The average Bonchev–Trinajstić information content (AvgIpc) is 3.15. The topological polar surface area (TPSA) is 64.0 Å². The molecule has 0 bridgehead atoms. The quantitative estimate of drug-likeness (QED) is 0.578. The maximum atomic E-state index is 13.2. The SMILES string of the molecule is C[C@H]1CC(c2ccc(C(F)(F)F)cc2)C(=O)c2c(NC(=O)c3ccc(F)cc3)cnn21. The molecule has 31 heavy (non-hydrogen) atoms. The molecule has 1 aromatic heterocycles. The summed E-state index contributed by atoms with van der Waals surface area (Å²) >= 11 is 0. The Kier molecular flexibility index (Phi) is 5.12. The van der Waals surface area contributed by atoms with Crippen molar-refractivity contribution in [1.29, 1.82) is 0 Å². The first kappa shape index (κ1) is 20.8. The summed E-state index contributed by atoms with van der Waals surface area (Å²) in [7, 11) is 0. The molecule has 1 aliphatic rings. The van der Waals surface area contributed by atoms with Crippen LogP contribution >= 0.6 is 0 Å². The van der Waals surface area contributed by atoms with E-state index in [9.17, 15) is 27.2 Å². The number of aromatic nitrogens is 2. The Balaban J connectivity index is 1.62. The van der Waals surface area contributed by atoms with E-state index in [4.69, 9.17) is 0 Å². The molecule has 1 N–H and O–H groups in total. The van der Waals surface area contributed by atoms with E-state index >= 15 is 0 Å². The third-order valence-corrected chi connectivity index (χ3v) is 5.33. The first-order chi connectivity index (χ1) is 14.6. The molecule has 3 aromatic rings. The molecular formula is C22H17F4N3O2. The van der Waals surface area contributed by atoms with Crippen molar-refractivity contribution in [3.8, 4) is 0 Å². The molecule has 1 unspecified atom stereocenters. The van der Waals surface area contributed by atoms with Gasteiger partial charge in [0.15, 0.2) is 5.78 Å². The van der Waals surface area contributed by atoms with Crippen molar-refractivity contribution in [1.82, 2.24) is 9.78 Å². The second-order valence-electron chi connectivity index (χ2n) is 7.43. The normalized spacial score (nSPS) is 18.5. The molecule has 0 fully saturated rings. The molecule has 160 valence electrons. The predicted octanol–water partition coefficient (Wildman–Crippen LogP) is 5.22. The van der Waals surface area contributed by atoms with E-state index in [1.165, 1.54) is 35.1 Å². The van der Waals surface area contributed by atoms with Crippen LogP contribution in [0.15, 0.2) is 54.7 Å². The van der Waals surface area contributed by atoms with Crippen molar-refractivity contribution < 1.29 is 27.2 Å². The second-order valence-corrected chi connectivity index (χ2v) is 7.43. The van der Waals surface area contributed by atoms with Crippen LogP contribution in [0.3, 0.4) is 0 Å². The number of benzene rings is 2. The summed E-state index contributed by atoms with van der Waals surface area (Å²) in [4.78, 5) is 25.7. The van der Waals surface area contributed by atoms with Crippen molar-refractivity contribution in [2.75, 3.05) is 5.32 Å². The summed E-state index contributed by atoms with van der Waals surface area (Å²) in [5, 5.41) is 6.82. The third kappa shape index (κ3) is 3.95. The van der Waals surface area contributed by atoms with Crippen LogP contribution in [0.1, 0.15) is 57.3 Å². The van der Waals surface area contributed by atoms with Gasteiger partial charge in [0.1, 0.15) is 11.5 Å². The Morgan fingerprint density at radius 2 is 1.74 bits per heavy atom. The minimum absolute atomic E-state index is 0.180.